The van der Waals surface area contributed by atoms with E-state index in [-0.39, 0.29) is 23.8 Å². The molecular weight excluding hydrogens is 220 g/mol. The Hall–Kier alpha value is -1.58. The zero-order chi connectivity index (χ0) is 12.4. The molecule has 4 nitrogen and oxygen atoms in total. The van der Waals surface area contributed by atoms with Crippen molar-refractivity contribution in [2.75, 3.05) is 6.61 Å². The molecule has 2 bridgehead atoms. The van der Waals surface area contributed by atoms with Crippen molar-refractivity contribution in [2.24, 2.45) is 23.7 Å². The van der Waals surface area contributed by atoms with E-state index in [2.05, 4.69) is 6.58 Å². The van der Waals surface area contributed by atoms with Crippen LogP contribution < -0.4 is 0 Å². The molecule has 0 aliphatic heterocycles. The molecule has 0 aromatic rings. The fraction of sp³-hybridized carbons (Fsp3) is 0.538. The van der Waals surface area contributed by atoms with Gasteiger partial charge in [-0.1, -0.05) is 18.7 Å². The first-order valence-electron chi connectivity index (χ1n) is 5.85. The molecule has 17 heavy (non-hydrogen) atoms. The maximum Gasteiger partial charge on any atom is 0.315 e. The fourth-order valence-electron chi connectivity index (χ4n) is 2.86. The van der Waals surface area contributed by atoms with Crippen molar-refractivity contribution in [2.45, 2.75) is 13.3 Å². The number of carbonyl (C=O) groups excluding carboxylic acids is 2. The number of fused-ring (bicyclic) bond motifs is 2. The fourth-order valence-corrected chi connectivity index (χ4v) is 2.86. The minimum atomic E-state index is -0.415. The van der Waals surface area contributed by atoms with Gasteiger partial charge in [-0.3, -0.25) is 9.59 Å². The van der Waals surface area contributed by atoms with Crippen LogP contribution in [-0.2, 0) is 19.1 Å². The van der Waals surface area contributed by atoms with Crippen LogP contribution in [0.25, 0.3) is 0 Å². The summed E-state index contributed by atoms with van der Waals surface area (Å²) in [6.45, 7) is 5.46. The first-order valence-corrected chi connectivity index (χ1v) is 5.85. The van der Waals surface area contributed by atoms with E-state index in [1.165, 1.54) is 0 Å². The van der Waals surface area contributed by atoms with E-state index >= 15 is 0 Å². The molecule has 92 valence electrons. The van der Waals surface area contributed by atoms with E-state index in [0.717, 1.165) is 12.7 Å². The molecule has 2 aliphatic rings. The number of ether oxygens (including phenoxy) is 2. The quantitative estimate of drug-likeness (QED) is 0.423. The number of allylic oxidation sites excluding steroid dienone is 2. The summed E-state index contributed by atoms with van der Waals surface area (Å²) in [5.41, 5.74) is 0. The topological polar surface area (TPSA) is 52.6 Å². The Morgan fingerprint density at radius 2 is 1.88 bits per heavy atom. The summed E-state index contributed by atoms with van der Waals surface area (Å²) < 4.78 is 9.85. The Kier molecular flexibility index (Phi) is 3.31. The molecule has 4 heteroatoms. The first-order chi connectivity index (χ1) is 8.19. The van der Waals surface area contributed by atoms with E-state index in [1.807, 2.05) is 12.2 Å². The summed E-state index contributed by atoms with van der Waals surface area (Å²) in [6, 6.07) is 0. The third kappa shape index (κ3) is 1.99. The molecule has 0 aromatic carbocycles. The minimum absolute atomic E-state index is 0.0989. The maximum absolute atomic E-state index is 11.9. The lowest BCUT2D eigenvalue weighted by atomic mass is 9.83. The second-order valence-electron chi connectivity index (χ2n) is 4.36. The third-order valence-corrected chi connectivity index (χ3v) is 3.49. The Morgan fingerprint density at radius 1 is 1.29 bits per heavy atom. The lowest BCUT2D eigenvalue weighted by Gasteiger charge is -2.23. The predicted octanol–water partition coefficient (Wildman–Crippen LogP) is 1.67. The van der Waals surface area contributed by atoms with Crippen LogP contribution in [-0.4, -0.2) is 18.5 Å². The standard InChI is InChI=1S/C13H16O4/c1-3-16-12(14)10-8-5-6-9(7-8)11(10)13(15)17-4-2/h3,5-6,8-11H,1,4,7H2,2H3. The van der Waals surface area contributed by atoms with Gasteiger partial charge in [0.15, 0.2) is 0 Å². The van der Waals surface area contributed by atoms with Crippen LogP contribution in [0, 0.1) is 23.7 Å². The molecule has 2 aliphatic carbocycles. The average molecular weight is 236 g/mol. The van der Waals surface area contributed by atoms with E-state index in [1.54, 1.807) is 6.92 Å². The molecular formula is C13H16O4. The van der Waals surface area contributed by atoms with Crippen molar-refractivity contribution < 1.29 is 19.1 Å². The molecule has 0 amide bonds. The highest BCUT2D eigenvalue weighted by molar-refractivity contribution is 5.84. The first kappa shape index (κ1) is 11.9. The molecule has 1 saturated carbocycles. The van der Waals surface area contributed by atoms with Gasteiger partial charge in [-0.15, -0.1) is 0 Å². The summed E-state index contributed by atoms with van der Waals surface area (Å²) in [5.74, 6) is -1.27. The van der Waals surface area contributed by atoms with Gasteiger partial charge in [-0.05, 0) is 25.2 Å². The normalized spacial score (nSPS) is 33.5. The van der Waals surface area contributed by atoms with Crippen LogP contribution in [0.15, 0.2) is 25.0 Å². The Labute approximate surface area is 100 Å². The number of hydrogen-bond acceptors (Lipinski definition) is 4. The van der Waals surface area contributed by atoms with Crippen molar-refractivity contribution in [3.63, 3.8) is 0 Å². The highest BCUT2D eigenvalue weighted by Gasteiger charge is 2.52. The van der Waals surface area contributed by atoms with Gasteiger partial charge < -0.3 is 9.47 Å². The maximum atomic E-state index is 11.9. The third-order valence-electron chi connectivity index (χ3n) is 3.49. The summed E-state index contributed by atoms with van der Waals surface area (Å²) in [6.07, 6.45) is 5.94. The van der Waals surface area contributed by atoms with Gasteiger partial charge in [0.05, 0.1) is 24.7 Å². The monoisotopic (exact) mass is 236 g/mol. The van der Waals surface area contributed by atoms with E-state index < -0.39 is 11.8 Å². The van der Waals surface area contributed by atoms with Gasteiger partial charge in [0, 0.05) is 0 Å². The van der Waals surface area contributed by atoms with Gasteiger partial charge in [-0.25, -0.2) is 0 Å². The molecule has 0 saturated heterocycles. The van der Waals surface area contributed by atoms with Crippen LogP contribution >= 0.6 is 0 Å². The van der Waals surface area contributed by atoms with E-state index in [4.69, 9.17) is 9.47 Å². The zero-order valence-electron chi connectivity index (χ0n) is 9.80. The predicted molar refractivity (Wildman–Crippen MR) is 60.6 cm³/mol. The Bertz CT molecular complexity index is 372. The number of rotatable bonds is 4. The van der Waals surface area contributed by atoms with Crippen molar-refractivity contribution in [1.29, 1.82) is 0 Å². The Balaban J connectivity index is 2.17. The minimum Gasteiger partial charge on any atom is -0.466 e. The van der Waals surface area contributed by atoms with Crippen LogP contribution in [0.4, 0.5) is 0 Å². The highest BCUT2D eigenvalue weighted by Crippen LogP contribution is 2.48. The SMILES string of the molecule is C=COC(=O)C1C2C=CC(C2)C1C(=O)OCC. The van der Waals surface area contributed by atoms with Gasteiger partial charge in [0.2, 0.25) is 0 Å². The largest absolute Gasteiger partial charge is 0.466 e. The lowest BCUT2D eigenvalue weighted by Crippen LogP contribution is -2.34. The van der Waals surface area contributed by atoms with Crippen molar-refractivity contribution in [3.8, 4) is 0 Å². The van der Waals surface area contributed by atoms with Gasteiger partial charge >= 0.3 is 11.9 Å². The number of esters is 2. The summed E-state index contributed by atoms with van der Waals surface area (Å²) in [4.78, 5) is 23.7. The molecule has 0 spiro atoms. The van der Waals surface area contributed by atoms with Crippen LogP contribution in [0.2, 0.25) is 0 Å². The van der Waals surface area contributed by atoms with Gasteiger partial charge in [0.1, 0.15) is 0 Å². The van der Waals surface area contributed by atoms with Crippen LogP contribution in [0.5, 0.6) is 0 Å². The van der Waals surface area contributed by atoms with Crippen LogP contribution in [0.3, 0.4) is 0 Å². The second-order valence-corrected chi connectivity index (χ2v) is 4.36. The molecule has 0 heterocycles. The molecule has 0 radical (unpaired) electrons. The highest BCUT2D eigenvalue weighted by atomic mass is 16.5. The number of hydrogen-bond donors (Lipinski definition) is 0. The van der Waals surface area contributed by atoms with Crippen molar-refractivity contribution >= 4 is 11.9 Å². The molecule has 0 N–H and O–H groups in total. The van der Waals surface area contributed by atoms with Gasteiger partial charge in [-0.2, -0.15) is 0 Å². The molecule has 4 atom stereocenters. The van der Waals surface area contributed by atoms with Crippen molar-refractivity contribution in [1.82, 2.24) is 0 Å². The second kappa shape index (κ2) is 4.73. The van der Waals surface area contributed by atoms with E-state index in [0.29, 0.717) is 6.61 Å². The summed E-state index contributed by atoms with van der Waals surface area (Å²) in [5, 5.41) is 0. The molecule has 2 rings (SSSR count). The Morgan fingerprint density at radius 3 is 2.41 bits per heavy atom. The van der Waals surface area contributed by atoms with Gasteiger partial charge in [0.25, 0.3) is 0 Å². The van der Waals surface area contributed by atoms with E-state index in [9.17, 15) is 9.59 Å². The summed E-state index contributed by atoms with van der Waals surface area (Å²) >= 11 is 0. The van der Waals surface area contributed by atoms with Crippen molar-refractivity contribution in [3.05, 3.63) is 25.0 Å². The molecule has 1 fully saturated rings. The number of carbonyl (C=O) groups is 2. The lowest BCUT2D eigenvalue weighted by molar-refractivity contribution is -0.158. The van der Waals surface area contributed by atoms with Crippen LogP contribution in [0.1, 0.15) is 13.3 Å². The average Bonchev–Trinajstić information content (AvgIpc) is 2.89. The molecule has 4 unspecified atom stereocenters. The zero-order valence-corrected chi connectivity index (χ0v) is 9.80. The molecule has 0 aromatic heterocycles. The smallest absolute Gasteiger partial charge is 0.315 e. The summed E-state index contributed by atoms with van der Waals surface area (Å²) in [7, 11) is 0.